The predicted molar refractivity (Wildman–Crippen MR) is 180 cm³/mol. The molecule has 2 saturated heterocycles. The zero-order chi connectivity index (χ0) is 31.4. The number of halogens is 1. The van der Waals surface area contributed by atoms with Gasteiger partial charge in [0.25, 0.3) is 0 Å². The Balaban J connectivity index is 1.28. The first kappa shape index (κ1) is 31.5. The maximum atomic E-state index is 12.9. The summed E-state index contributed by atoms with van der Waals surface area (Å²) in [6, 6.07) is 16.8. The number of ether oxygens (including phenoxy) is 3. The van der Waals surface area contributed by atoms with Gasteiger partial charge in [0.1, 0.15) is 11.6 Å². The van der Waals surface area contributed by atoms with Crippen LogP contribution in [0.15, 0.2) is 48.5 Å². The molecule has 0 aliphatic carbocycles. The van der Waals surface area contributed by atoms with Crippen molar-refractivity contribution in [3.8, 4) is 16.9 Å². The van der Waals surface area contributed by atoms with Crippen LogP contribution < -0.4 is 15.0 Å². The molecule has 0 saturated carbocycles. The summed E-state index contributed by atoms with van der Waals surface area (Å²) in [5.41, 5.74) is 3.18. The quantitative estimate of drug-likeness (QED) is 0.0689. The van der Waals surface area contributed by atoms with Crippen LogP contribution in [0.4, 0.5) is 5.82 Å². The molecule has 2 fully saturated rings. The number of nitrogens with one attached hydrogen (secondary N) is 1. The average molecular weight is 631 g/mol. The Hall–Kier alpha value is -3.46. The highest BCUT2D eigenvalue weighted by Gasteiger charge is 2.48. The topological polar surface area (TPSA) is 85.8 Å². The Morgan fingerprint density at radius 2 is 1.87 bits per heavy atom. The second kappa shape index (κ2) is 13.9. The highest BCUT2D eigenvalue weighted by atomic mass is 35.5. The van der Waals surface area contributed by atoms with Crippen LogP contribution in [0.25, 0.3) is 32.8 Å². The molecule has 2 aliphatic rings. The molecule has 6 rings (SSSR count). The Morgan fingerprint density at radius 1 is 1.04 bits per heavy atom. The van der Waals surface area contributed by atoms with Gasteiger partial charge in [0.2, 0.25) is 5.28 Å². The van der Waals surface area contributed by atoms with Crippen LogP contribution in [0, 0.1) is 6.92 Å². The molecule has 0 radical (unpaired) electrons. The Labute approximate surface area is 270 Å². The van der Waals surface area contributed by atoms with E-state index in [1.54, 1.807) is 7.11 Å². The first-order chi connectivity index (χ1) is 21.9. The van der Waals surface area contributed by atoms with Crippen molar-refractivity contribution in [2.24, 2.45) is 0 Å². The van der Waals surface area contributed by atoms with Gasteiger partial charge in [-0.15, -0.1) is 0 Å². The molecule has 2 bridgehead atoms. The van der Waals surface area contributed by atoms with E-state index in [-0.39, 0.29) is 24.1 Å². The first-order valence-corrected chi connectivity index (χ1v) is 16.6. The van der Waals surface area contributed by atoms with Gasteiger partial charge in [-0.1, -0.05) is 69.4 Å². The number of fused-ring (bicyclic) bond motifs is 4. The maximum Gasteiger partial charge on any atom is 0.307 e. The largest absolute Gasteiger partial charge is 0.468 e. The summed E-state index contributed by atoms with van der Waals surface area (Å²) in [5, 5.41) is 6.93. The van der Waals surface area contributed by atoms with Crippen molar-refractivity contribution in [1.29, 1.82) is 0 Å². The highest BCUT2D eigenvalue weighted by molar-refractivity contribution is 6.29. The standard InChI is InChI=1S/C36H43ClN4O4/c1-4-5-6-7-8-9-14-32(42)45-36-18-17-26(40-36)21-41(22-36)34-30-16-15-28(24(2)33(30)38-35(37)39-34)31-20-27(44-23-43-3)19-25-12-10-11-13-29(25)31/h10-13,15-16,19-20,26,40H,4-9,14,17-18,21-23H2,1-3H3. The van der Waals surface area contributed by atoms with E-state index in [9.17, 15) is 4.79 Å². The second-order valence-electron chi connectivity index (χ2n) is 12.4. The number of aromatic nitrogens is 2. The van der Waals surface area contributed by atoms with E-state index in [1.165, 1.54) is 25.7 Å². The first-order valence-electron chi connectivity index (χ1n) is 16.3. The van der Waals surface area contributed by atoms with Crippen LogP contribution in [-0.2, 0) is 14.3 Å². The highest BCUT2D eigenvalue weighted by Crippen LogP contribution is 2.40. The molecule has 238 valence electrons. The van der Waals surface area contributed by atoms with Gasteiger partial charge < -0.3 is 19.1 Å². The summed E-state index contributed by atoms with van der Waals surface area (Å²) in [7, 11) is 1.61. The molecule has 0 amide bonds. The summed E-state index contributed by atoms with van der Waals surface area (Å²) in [5.74, 6) is 1.38. The number of hydrogen-bond acceptors (Lipinski definition) is 8. The van der Waals surface area contributed by atoms with E-state index in [0.717, 1.165) is 82.2 Å². The van der Waals surface area contributed by atoms with Crippen molar-refractivity contribution in [2.45, 2.75) is 83.4 Å². The predicted octanol–water partition coefficient (Wildman–Crippen LogP) is 7.96. The fraction of sp³-hybridized carbons (Fsp3) is 0.472. The lowest BCUT2D eigenvalue weighted by Crippen LogP contribution is -2.61. The summed E-state index contributed by atoms with van der Waals surface area (Å²) >= 11 is 6.62. The number of aryl methyl sites for hydroxylation is 1. The fourth-order valence-corrected chi connectivity index (χ4v) is 7.12. The number of anilines is 1. The summed E-state index contributed by atoms with van der Waals surface area (Å²) in [6.07, 6.45) is 9.00. The van der Waals surface area contributed by atoms with Gasteiger partial charge in [0, 0.05) is 37.9 Å². The van der Waals surface area contributed by atoms with E-state index in [0.29, 0.717) is 13.0 Å². The molecular formula is C36H43ClN4O4. The molecule has 3 aromatic carbocycles. The third-order valence-electron chi connectivity index (χ3n) is 9.14. The van der Waals surface area contributed by atoms with Crippen LogP contribution in [0.3, 0.4) is 0 Å². The Morgan fingerprint density at radius 3 is 2.71 bits per heavy atom. The van der Waals surface area contributed by atoms with Gasteiger partial charge in [-0.3, -0.25) is 10.1 Å². The monoisotopic (exact) mass is 630 g/mol. The van der Waals surface area contributed by atoms with Gasteiger partial charge in [0.15, 0.2) is 12.5 Å². The molecule has 1 N–H and O–H groups in total. The summed E-state index contributed by atoms with van der Waals surface area (Å²) in [4.78, 5) is 24.6. The van der Waals surface area contributed by atoms with Crippen molar-refractivity contribution in [2.75, 3.05) is 31.9 Å². The van der Waals surface area contributed by atoms with Crippen LogP contribution in [0.5, 0.6) is 5.75 Å². The summed E-state index contributed by atoms with van der Waals surface area (Å²) < 4.78 is 17.2. The van der Waals surface area contributed by atoms with Gasteiger partial charge in [-0.05, 0) is 77.0 Å². The third kappa shape index (κ3) is 6.88. The SMILES string of the molecule is CCCCCCCCC(=O)OC12CCC(CN(c3nc(Cl)nc4c(C)c(-c5cc(OCOC)cc6ccccc56)ccc34)C1)N2. The number of unbranched alkanes of at least 4 members (excludes halogenated alkanes) is 5. The number of hydrogen-bond donors (Lipinski definition) is 1. The zero-order valence-electron chi connectivity index (χ0n) is 26.5. The Kier molecular flexibility index (Phi) is 9.73. The minimum Gasteiger partial charge on any atom is -0.468 e. The van der Waals surface area contributed by atoms with E-state index in [4.69, 9.17) is 35.8 Å². The van der Waals surface area contributed by atoms with E-state index in [1.807, 2.05) is 18.2 Å². The van der Waals surface area contributed by atoms with Crippen LogP contribution in [0.1, 0.15) is 70.3 Å². The van der Waals surface area contributed by atoms with E-state index >= 15 is 0 Å². The molecule has 45 heavy (non-hydrogen) atoms. The number of nitrogens with zero attached hydrogens (tertiary/aromatic N) is 3. The number of piperazine rings is 1. The zero-order valence-corrected chi connectivity index (χ0v) is 27.3. The fourth-order valence-electron chi connectivity index (χ4n) is 6.96. The minimum atomic E-state index is -0.720. The summed E-state index contributed by atoms with van der Waals surface area (Å²) in [6.45, 7) is 5.73. The van der Waals surface area contributed by atoms with Crippen molar-refractivity contribution in [3.63, 3.8) is 0 Å². The molecule has 2 unspecified atom stereocenters. The Bertz CT molecular complexity index is 1680. The van der Waals surface area contributed by atoms with Gasteiger partial charge in [-0.2, -0.15) is 4.98 Å². The van der Waals surface area contributed by atoms with Crippen molar-refractivity contribution in [1.82, 2.24) is 15.3 Å². The molecule has 8 nitrogen and oxygen atoms in total. The average Bonchev–Trinajstić information content (AvgIpc) is 3.33. The van der Waals surface area contributed by atoms with Crippen molar-refractivity contribution >= 4 is 45.1 Å². The molecule has 9 heteroatoms. The minimum absolute atomic E-state index is 0.129. The molecule has 0 spiro atoms. The van der Waals surface area contributed by atoms with E-state index in [2.05, 4.69) is 54.4 Å². The number of carbonyl (C=O) groups is 1. The normalized spacial score (nSPS) is 19.4. The molecule has 4 aromatic rings. The lowest BCUT2D eigenvalue weighted by Gasteiger charge is -2.41. The number of benzene rings is 3. The number of rotatable bonds is 13. The van der Waals surface area contributed by atoms with Crippen molar-refractivity contribution < 1.29 is 19.0 Å². The molecular weight excluding hydrogens is 588 g/mol. The molecule has 2 aliphatic heterocycles. The third-order valence-corrected chi connectivity index (χ3v) is 9.31. The van der Waals surface area contributed by atoms with Crippen LogP contribution in [-0.4, -0.2) is 54.7 Å². The van der Waals surface area contributed by atoms with Gasteiger partial charge in [-0.25, -0.2) is 4.98 Å². The molecule has 1 aromatic heterocycles. The number of carbonyl (C=O) groups excluding carboxylic acids is 1. The maximum absolute atomic E-state index is 12.9. The lowest BCUT2D eigenvalue weighted by molar-refractivity contribution is -0.162. The van der Waals surface area contributed by atoms with Gasteiger partial charge >= 0.3 is 5.97 Å². The molecule has 2 atom stereocenters. The number of esters is 1. The van der Waals surface area contributed by atoms with Crippen molar-refractivity contribution in [3.05, 3.63) is 59.4 Å². The van der Waals surface area contributed by atoms with Crippen LogP contribution >= 0.6 is 11.6 Å². The van der Waals surface area contributed by atoms with Gasteiger partial charge in [0.05, 0.1) is 12.1 Å². The van der Waals surface area contributed by atoms with Crippen LogP contribution in [0.2, 0.25) is 5.28 Å². The van der Waals surface area contributed by atoms with E-state index < -0.39 is 5.72 Å². The second-order valence-corrected chi connectivity index (χ2v) is 12.8. The lowest BCUT2D eigenvalue weighted by atomic mass is 9.93. The molecule has 3 heterocycles. The smallest absolute Gasteiger partial charge is 0.307 e. The number of methoxy groups -OCH3 is 1.